The molecular weight excluding hydrogens is 138 g/mol. The van der Waals surface area contributed by atoms with Crippen LogP contribution in [-0.2, 0) is 4.74 Å². The average molecular weight is 157 g/mol. The molecule has 0 aromatic carbocycles. The van der Waals surface area contributed by atoms with Gasteiger partial charge in [-0.25, -0.2) is 0 Å². The van der Waals surface area contributed by atoms with E-state index in [4.69, 9.17) is 4.74 Å². The first-order valence-corrected chi connectivity index (χ1v) is 4.73. The summed E-state index contributed by atoms with van der Waals surface area (Å²) in [6.45, 7) is 7.79. The summed E-state index contributed by atoms with van der Waals surface area (Å²) in [5.74, 6) is 0. The molecule has 2 heteroatoms. The highest BCUT2D eigenvalue weighted by atomic mass is 16.5. The van der Waals surface area contributed by atoms with Gasteiger partial charge in [0.05, 0.1) is 6.61 Å². The molecule has 0 spiro atoms. The zero-order chi connectivity index (χ0) is 7.94. The van der Waals surface area contributed by atoms with Crippen LogP contribution in [0.15, 0.2) is 0 Å². The average Bonchev–Trinajstić information content (AvgIpc) is 1.93. The Morgan fingerprint density at radius 1 is 1.27 bits per heavy atom. The lowest BCUT2D eigenvalue weighted by Gasteiger charge is -2.30. The Labute approximate surface area is 69.5 Å². The lowest BCUT2D eigenvalue weighted by Crippen LogP contribution is -2.39. The van der Waals surface area contributed by atoms with Crippen molar-refractivity contribution in [2.75, 3.05) is 32.8 Å². The Hall–Kier alpha value is -0.0800. The van der Waals surface area contributed by atoms with E-state index >= 15 is 0 Å². The number of unbranched alkanes of at least 4 members (excludes halogenated alkanes) is 1. The zero-order valence-corrected chi connectivity index (χ0v) is 7.51. The Morgan fingerprint density at radius 2 is 2.09 bits per heavy atom. The topological polar surface area (TPSA) is 12.5 Å². The number of hydrogen-bond acceptors (Lipinski definition) is 2. The smallest absolute Gasteiger partial charge is 0.0593 e. The summed E-state index contributed by atoms with van der Waals surface area (Å²) in [4.78, 5) is 2.44. The first kappa shape index (κ1) is 9.01. The maximum atomic E-state index is 5.44. The van der Waals surface area contributed by atoms with Crippen LogP contribution in [0.3, 0.4) is 0 Å². The normalized spacial score (nSPS) is 18.3. The Bertz CT molecular complexity index is 91.6. The van der Waals surface area contributed by atoms with Gasteiger partial charge in [-0.05, 0) is 25.9 Å². The first-order chi connectivity index (χ1) is 5.43. The molecule has 1 saturated heterocycles. The van der Waals surface area contributed by atoms with E-state index in [1.165, 1.54) is 32.4 Å². The first-order valence-electron chi connectivity index (χ1n) is 4.73. The molecule has 0 unspecified atom stereocenters. The summed E-state index contributed by atoms with van der Waals surface area (Å²) in [6, 6.07) is 0. The molecule has 1 rings (SSSR count). The van der Waals surface area contributed by atoms with Crippen molar-refractivity contribution in [1.82, 2.24) is 4.90 Å². The van der Waals surface area contributed by atoms with E-state index in [2.05, 4.69) is 11.8 Å². The third-order valence-corrected chi connectivity index (χ3v) is 2.14. The maximum Gasteiger partial charge on any atom is 0.0593 e. The van der Waals surface area contributed by atoms with Gasteiger partial charge in [0, 0.05) is 13.2 Å². The van der Waals surface area contributed by atoms with Gasteiger partial charge in [0.1, 0.15) is 0 Å². The summed E-state index contributed by atoms with van der Waals surface area (Å²) >= 11 is 0. The molecule has 0 bridgehead atoms. The molecule has 0 saturated carbocycles. The van der Waals surface area contributed by atoms with Crippen LogP contribution in [0.5, 0.6) is 0 Å². The predicted octanol–water partition coefficient (Wildman–Crippen LogP) is 1.51. The van der Waals surface area contributed by atoms with Gasteiger partial charge in [0.2, 0.25) is 0 Å². The number of nitrogens with zero attached hydrogens (tertiary/aromatic N) is 1. The van der Waals surface area contributed by atoms with Crippen LogP contribution >= 0.6 is 0 Å². The quantitative estimate of drug-likeness (QED) is 0.542. The van der Waals surface area contributed by atoms with Gasteiger partial charge in [-0.2, -0.15) is 0 Å². The molecule has 1 aliphatic heterocycles. The van der Waals surface area contributed by atoms with E-state index in [0.717, 1.165) is 19.8 Å². The molecule has 0 aromatic heterocycles. The Kier molecular flexibility index (Phi) is 4.55. The molecule has 0 radical (unpaired) electrons. The van der Waals surface area contributed by atoms with Crippen molar-refractivity contribution in [3.8, 4) is 0 Å². The van der Waals surface area contributed by atoms with Gasteiger partial charge in [0.25, 0.3) is 0 Å². The lowest BCUT2D eigenvalue weighted by molar-refractivity contribution is 0.0794. The molecule has 1 fully saturated rings. The van der Waals surface area contributed by atoms with Crippen molar-refractivity contribution in [3.63, 3.8) is 0 Å². The molecule has 0 N–H and O–H groups in total. The minimum absolute atomic E-state index is 0.931. The molecule has 0 aromatic rings. The summed E-state index contributed by atoms with van der Waals surface area (Å²) in [7, 11) is 0. The minimum Gasteiger partial charge on any atom is -0.380 e. The van der Waals surface area contributed by atoms with E-state index in [9.17, 15) is 0 Å². The SMILES string of the molecule is CCCCOCCN1CCC1. The monoisotopic (exact) mass is 157 g/mol. The fraction of sp³-hybridized carbons (Fsp3) is 1.00. The van der Waals surface area contributed by atoms with Crippen molar-refractivity contribution in [1.29, 1.82) is 0 Å². The van der Waals surface area contributed by atoms with E-state index in [1.807, 2.05) is 0 Å². The van der Waals surface area contributed by atoms with Crippen molar-refractivity contribution >= 4 is 0 Å². The second-order valence-corrected chi connectivity index (χ2v) is 3.16. The molecule has 11 heavy (non-hydrogen) atoms. The fourth-order valence-corrected chi connectivity index (χ4v) is 1.15. The molecule has 0 aliphatic carbocycles. The fourth-order valence-electron chi connectivity index (χ4n) is 1.15. The van der Waals surface area contributed by atoms with Crippen LogP contribution < -0.4 is 0 Å². The third-order valence-electron chi connectivity index (χ3n) is 2.14. The van der Waals surface area contributed by atoms with E-state index < -0.39 is 0 Å². The number of likely N-dealkylation sites (tertiary alicyclic amines) is 1. The standard InChI is InChI=1S/C9H19NO/c1-2-3-8-11-9-7-10-5-4-6-10/h2-9H2,1H3. The van der Waals surface area contributed by atoms with Crippen LogP contribution in [0.2, 0.25) is 0 Å². The van der Waals surface area contributed by atoms with Crippen molar-refractivity contribution < 1.29 is 4.74 Å². The van der Waals surface area contributed by atoms with Crippen LogP contribution in [0.25, 0.3) is 0 Å². The van der Waals surface area contributed by atoms with Gasteiger partial charge in [-0.1, -0.05) is 13.3 Å². The van der Waals surface area contributed by atoms with Gasteiger partial charge in [0.15, 0.2) is 0 Å². The van der Waals surface area contributed by atoms with Gasteiger partial charge in [-0.15, -0.1) is 0 Å². The van der Waals surface area contributed by atoms with Crippen molar-refractivity contribution in [3.05, 3.63) is 0 Å². The zero-order valence-electron chi connectivity index (χ0n) is 7.51. The number of rotatable bonds is 6. The number of hydrogen-bond donors (Lipinski definition) is 0. The van der Waals surface area contributed by atoms with Crippen LogP contribution in [0.1, 0.15) is 26.2 Å². The van der Waals surface area contributed by atoms with Crippen LogP contribution in [0.4, 0.5) is 0 Å². The molecule has 0 atom stereocenters. The van der Waals surface area contributed by atoms with Crippen molar-refractivity contribution in [2.24, 2.45) is 0 Å². The third kappa shape index (κ3) is 3.73. The molecular formula is C9H19NO. The highest BCUT2D eigenvalue weighted by Gasteiger charge is 2.11. The molecule has 1 heterocycles. The van der Waals surface area contributed by atoms with E-state index in [1.54, 1.807) is 0 Å². The van der Waals surface area contributed by atoms with Gasteiger partial charge < -0.3 is 9.64 Å². The molecule has 1 aliphatic rings. The predicted molar refractivity (Wildman–Crippen MR) is 46.8 cm³/mol. The molecule has 0 amide bonds. The summed E-state index contributed by atoms with van der Waals surface area (Å²) in [6.07, 6.45) is 3.83. The maximum absolute atomic E-state index is 5.44. The van der Waals surface area contributed by atoms with E-state index in [-0.39, 0.29) is 0 Å². The summed E-state index contributed by atoms with van der Waals surface area (Å²) in [5.41, 5.74) is 0. The highest BCUT2D eigenvalue weighted by molar-refractivity contribution is 4.67. The summed E-state index contributed by atoms with van der Waals surface area (Å²) < 4.78 is 5.44. The van der Waals surface area contributed by atoms with Gasteiger partial charge in [-0.3, -0.25) is 0 Å². The van der Waals surface area contributed by atoms with Crippen molar-refractivity contribution in [2.45, 2.75) is 26.2 Å². The summed E-state index contributed by atoms with van der Waals surface area (Å²) in [5, 5.41) is 0. The van der Waals surface area contributed by atoms with Crippen LogP contribution in [0, 0.1) is 0 Å². The minimum atomic E-state index is 0.931. The second kappa shape index (κ2) is 5.56. The second-order valence-electron chi connectivity index (χ2n) is 3.16. The molecule has 66 valence electrons. The Balaban J connectivity index is 1.73. The largest absolute Gasteiger partial charge is 0.380 e. The molecule has 2 nitrogen and oxygen atoms in total. The Morgan fingerprint density at radius 3 is 2.64 bits per heavy atom. The highest BCUT2D eigenvalue weighted by Crippen LogP contribution is 2.03. The van der Waals surface area contributed by atoms with E-state index in [0.29, 0.717) is 0 Å². The van der Waals surface area contributed by atoms with Gasteiger partial charge >= 0.3 is 0 Å². The lowest BCUT2D eigenvalue weighted by atomic mass is 10.2. The van der Waals surface area contributed by atoms with Crippen LogP contribution in [-0.4, -0.2) is 37.7 Å². The number of ether oxygens (including phenoxy) is 1.